The molecule has 6 heteroatoms. The third-order valence-corrected chi connectivity index (χ3v) is 3.26. The zero-order valence-electron chi connectivity index (χ0n) is 10.4. The second-order valence-corrected chi connectivity index (χ2v) is 5.79. The Morgan fingerprint density at radius 1 is 1.21 bits per heavy atom. The Labute approximate surface area is 117 Å². The summed E-state index contributed by atoms with van der Waals surface area (Å²) < 4.78 is 50.2. The van der Waals surface area contributed by atoms with Crippen molar-refractivity contribution in [2.45, 2.75) is 44.4 Å². The van der Waals surface area contributed by atoms with E-state index in [1.54, 1.807) is 6.07 Å². The highest BCUT2D eigenvalue weighted by Gasteiger charge is 2.29. The van der Waals surface area contributed by atoms with Crippen LogP contribution in [0.1, 0.15) is 31.7 Å². The molecule has 1 aromatic carbocycles. The van der Waals surface area contributed by atoms with Gasteiger partial charge in [0.25, 0.3) is 0 Å². The highest BCUT2D eigenvalue weighted by atomic mass is 79.9. The van der Waals surface area contributed by atoms with E-state index in [2.05, 4.69) is 15.9 Å². The van der Waals surface area contributed by atoms with Crippen LogP contribution in [-0.2, 0) is 6.42 Å². The molecule has 0 aromatic heterocycles. The fraction of sp³-hybridized carbons (Fsp3) is 0.538. The fourth-order valence-corrected chi connectivity index (χ4v) is 2.17. The van der Waals surface area contributed by atoms with Crippen LogP contribution in [-0.4, -0.2) is 16.9 Å². The van der Waals surface area contributed by atoms with Crippen LogP contribution < -0.4 is 0 Å². The summed E-state index contributed by atoms with van der Waals surface area (Å²) >= 11 is 3.11. The lowest BCUT2D eigenvalue weighted by Crippen LogP contribution is -2.28. The van der Waals surface area contributed by atoms with Gasteiger partial charge in [-0.2, -0.15) is 13.2 Å². The van der Waals surface area contributed by atoms with Crippen LogP contribution in [0.4, 0.5) is 17.6 Å². The second-order valence-electron chi connectivity index (χ2n) is 4.88. The van der Waals surface area contributed by atoms with E-state index in [0.29, 0.717) is 10.0 Å². The van der Waals surface area contributed by atoms with Gasteiger partial charge >= 0.3 is 6.18 Å². The number of benzene rings is 1. The largest absolute Gasteiger partial charge is 0.390 e. The van der Waals surface area contributed by atoms with Crippen molar-refractivity contribution in [3.63, 3.8) is 0 Å². The van der Waals surface area contributed by atoms with E-state index in [-0.39, 0.29) is 19.3 Å². The number of hydrogen-bond acceptors (Lipinski definition) is 1. The maximum Gasteiger partial charge on any atom is 0.389 e. The molecule has 0 aliphatic heterocycles. The summed E-state index contributed by atoms with van der Waals surface area (Å²) in [5, 5.41) is 10.0. The van der Waals surface area contributed by atoms with E-state index in [1.807, 2.05) is 0 Å². The first-order valence-electron chi connectivity index (χ1n) is 5.82. The molecule has 0 saturated heterocycles. The maximum absolute atomic E-state index is 13.6. The molecule has 0 bridgehead atoms. The van der Waals surface area contributed by atoms with Gasteiger partial charge in [0.05, 0.1) is 5.60 Å². The Hall–Kier alpha value is -0.620. The minimum atomic E-state index is -4.22. The molecule has 0 aliphatic carbocycles. The first-order chi connectivity index (χ1) is 8.59. The van der Waals surface area contributed by atoms with E-state index in [1.165, 1.54) is 19.1 Å². The average molecular weight is 343 g/mol. The number of hydrogen-bond donors (Lipinski definition) is 1. The van der Waals surface area contributed by atoms with Crippen LogP contribution in [0, 0.1) is 5.82 Å². The van der Waals surface area contributed by atoms with Gasteiger partial charge in [0, 0.05) is 17.3 Å². The molecule has 0 aliphatic rings. The Morgan fingerprint density at radius 2 is 1.84 bits per heavy atom. The summed E-state index contributed by atoms with van der Waals surface area (Å²) in [6.45, 7) is 1.42. The van der Waals surface area contributed by atoms with Crippen LogP contribution >= 0.6 is 15.9 Å². The molecule has 0 fully saturated rings. The van der Waals surface area contributed by atoms with Crippen LogP contribution in [0.2, 0.25) is 0 Å². The normalized spacial score (nSPS) is 15.3. The molecule has 0 radical (unpaired) electrons. The molecule has 0 amide bonds. The molecule has 0 spiro atoms. The van der Waals surface area contributed by atoms with Gasteiger partial charge in [-0.3, -0.25) is 0 Å². The predicted octanol–water partition coefficient (Wildman–Crippen LogP) is 4.61. The lowest BCUT2D eigenvalue weighted by Gasteiger charge is -2.24. The van der Waals surface area contributed by atoms with E-state index in [9.17, 15) is 22.7 Å². The molecule has 0 saturated carbocycles. The van der Waals surface area contributed by atoms with Crippen molar-refractivity contribution in [1.82, 2.24) is 0 Å². The number of aliphatic hydroxyl groups is 1. The minimum Gasteiger partial charge on any atom is -0.390 e. The lowest BCUT2D eigenvalue weighted by molar-refractivity contribution is -0.137. The molecule has 1 atom stereocenters. The monoisotopic (exact) mass is 342 g/mol. The van der Waals surface area contributed by atoms with Gasteiger partial charge in [-0.15, -0.1) is 0 Å². The van der Waals surface area contributed by atoms with Crippen molar-refractivity contribution < 1.29 is 22.7 Å². The number of alkyl halides is 3. The van der Waals surface area contributed by atoms with Gasteiger partial charge in [0.1, 0.15) is 5.82 Å². The molecule has 1 nitrogen and oxygen atoms in total. The smallest absolute Gasteiger partial charge is 0.389 e. The van der Waals surface area contributed by atoms with Crippen molar-refractivity contribution in [3.05, 3.63) is 34.1 Å². The summed E-state index contributed by atoms with van der Waals surface area (Å²) in [5.41, 5.74) is -1.06. The predicted molar refractivity (Wildman–Crippen MR) is 68.3 cm³/mol. The lowest BCUT2D eigenvalue weighted by atomic mass is 9.91. The highest BCUT2D eigenvalue weighted by Crippen LogP contribution is 2.27. The third kappa shape index (κ3) is 6.38. The Bertz CT molecular complexity index is 429. The molecular weight excluding hydrogens is 328 g/mol. The van der Waals surface area contributed by atoms with Crippen LogP contribution in [0.5, 0.6) is 0 Å². The van der Waals surface area contributed by atoms with Gasteiger partial charge in [0.2, 0.25) is 0 Å². The first kappa shape index (κ1) is 16.4. The summed E-state index contributed by atoms with van der Waals surface area (Å²) in [4.78, 5) is 0. The van der Waals surface area contributed by atoms with E-state index < -0.39 is 24.0 Å². The van der Waals surface area contributed by atoms with Crippen molar-refractivity contribution in [2.75, 3.05) is 0 Å². The summed E-state index contributed by atoms with van der Waals surface area (Å²) in [6, 6.07) is 4.41. The van der Waals surface area contributed by atoms with Crippen molar-refractivity contribution in [2.24, 2.45) is 0 Å². The highest BCUT2D eigenvalue weighted by molar-refractivity contribution is 9.10. The van der Waals surface area contributed by atoms with Crippen LogP contribution in [0.25, 0.3) is 0 Å². The molecular formula is C13H15BrF4O. The van der Waals surface area contributed by atoms with Gasteiger partial charge < -0.3 is 5.11 Å². The summed E-state index contributed by atoms with van der Waals surface area (Å²) in [5.74, 6) is -0.481. The van der Waals surface area contributed by atoms with Crippen molar-refractivity contribution >= 4 is 15.9 Å². The SMILES string of the molecule is CC(O)(CCCC(F)(F)F)Cc1ccc(Br)cc1F. The quantitative estimate of drug-likeness (QED) is 0.774. The second kappa shape index (κ2) is 6.22. The minimum absolute atomic E-state index is 0.00995. The molecule has 1 rings (SSSR count). The Kier molecular flexibility index (Phi) is 5.38. The van der Waals surface area contributed by atoms with Crippen molar-refractivity contribution in [1.29, 1.82) is 0 Å². The average Bonchev–Trinajstić information content (AvgIpc) is 2.20. The zero-order valence-corrected chi connectivity index (χ0v) is 12.0. The summed E-state index contributed by atoms with van der Waals surface area (Å²) in [6.07, 6.45) is -5.37. The molecule has 0 heterocycles. The molecule has 108 valence electrons. The maximum atomic E-state index is 13.6. The Balaban J connectivity index is 2.58. The molecule has 1 aromatic rings. The van der Waals surface area contributed by atoms with E-state index in [4.69, 9.17) is 0 Å². The van der Waals surface area contributed by atoms with E-state index >= 15 is 0 Å². The van der Waals surface area contributed by atoms with E-state index in [0.717, 1.165) is 0 Å². The molecule has 19 heavy (non-hydrogen) atoms. The standard InChI is InChI=1S/C13H15BrF4O/c1-12(19,5-2-6-13(16,17)18)8-9-3-4-10(14)7-11(9)15/h3-4,7,19H,2,5-6,8H2,1H3. The van der Waals surface area contributed by atoms with Gasteiger partial charge in [-0.25, -0.2) is 4.39 Å². The number of rotatable bonds is 5. The van der Waals surface area contributed by atoms with Crippen LogP contribution in [0.3, 0.4) is 0 Å². The van der Waals surface area contributed by atoms with Gasteiger partial charge in [0.15, 0.2) is 0 Å². The van der Waals surface area contributed by atoms with Crippen LogP contribution in [0.15, 0.2) is 22.7 Å². The van der Waals surface area contributed by atoms with Crippen molar-refractivity contribution in [3.8, 4) is 0 Å². The fourth-order valence-electron chi connectivity index (χ4n) is 1.83. The molecule has 1 N–H and O–H groups in total. The zero-order chi connectivity index (χ0) is 14.7. The summed E-state index contributed by atoms with van der Waals surface area (Å²) in [7, 11) is 0. The Morgan fingerprint density at radius 3 is 2.37 bits per heavy atom. The number of halogens is 5. The first-order valence-corrected chi connectivity index (χ1v) is 6.61. The van der Waals surface area contributed by atoms with Gasteiger partial charge in [-0.1, -0.05) is 22.0 Å². The molecule has 1 unspecified atom stereocenters. The topological polar surface area (TPSA) is 20.2 Å². The van der Waals surface area contributed by atoms with Gasteiger partial charge in [-0.05, 0) is 37.5 Å². The third-order valence-electron chi connectivity index (χ3n) is 2.76.